The molecule has 2 unspecified atom stereocenters. The second-order valence-corrected chi connectivity index (χ2v) is 5.59. The molecule has 0 radical (unpaired) electrons. The van der Waals surface area contributed by atoms with Gasteiger partial charge in [0.05, 0.1) is 15.6 Å². The van der Waals surface area contributed by atoms with E-state index in [1.54, 1.807) is 6.07 Å². The molecule has 0 bridgehead atoms. The lowest BCUT2D eigenvalue weighted by atomic mass is 10.1. The highest BCUT2D eigenvalue weighted by atomic mass is 35.5. The smallest absolute Gasteiger partial charge is 0.271 e. The van der Waals surface area contributed by atoms with Gasteiger partial charge in [0.2, 0.25) is 0 Å². The van der Waals surface area contributed by atoms with Gasteiger partial charge in [-0.05, 0) is 27.0 Å². The van der Waals surface area contributed by atoms with Crippen LogP contribution < -0.4 is 4.90 Å². The van der Waals surface area contributed by atoms with E-state index in [4.69, 9.17) is 11.6 Å². The number of hydrogen-bond acceptors (Lipinski definition) is 4. The molecule has 1 aliphatic rings. The van der Waals surface area contributed by atoms with Crippen molar-refractivity contribution in [2.75, 3.05) is 25.0 Å². The number of rotatable bonds is 2. The van der Waals surface area contributed by atoms with E-state index >= 15 is 0 Å². The molecule has 0 amide bonds. The number of benzene rings is 1. The molecule has 0 N–H and O–H groups in total. The van der Waals surface area contributed by atoms with Crippen molar-refractivity contribution >= 4 is 23.0 Å². The zero-order valence-corrected chi connectivity index (χ0v) is 12.1. The summed E-state index contributed by atoms with van der Waals surface area (Å²) in [5, 5.41) is 11.2. The minimum absolute atomic E-state index is 0.0311. The molecule has 1 aromatic rings. The van der Waals surface area contributed by atoms with Gasteiger partial charge in [0, 0.05) is 37.3 Å². The van der Waals surface area contributed by atoms with Crippen LogP contribution in [-0.2, 0) is 0 Å². The Morgan fingerprint density at radius 2 is 2.00 bits per heavy atom. The molecule has 1 heterocycles. The number of anilines is 1. The number of nitrogens with zero attached hydrogens (tertiary/aromatic N) is 3. The summed E-state index contributed by atoms with van der Waals surface area (Å²) in [6, 6.07) is 5.45. The van der Waals surface area contributed by atoms with Crippen molar-refractivity contribution in [3.8, 4) is 0 Å². The van der Waals surface area contributed by atoms with Crippen molar-refractivity contribution < 1.29 is 4.92 Å². The molecule has 0 saturated carbocycles. The monoisotopic (exact) mass is 283 g/mol. The quantitative estimate of drug-likeness (QED) is 0.619. The predicted octanol–water partition coefficient (Wildman–Crippen LogP) is 2.78. The molecule has 0 aliphatic carbocycles. The number of nitro groups is 1. The van der Waals surface area contributed by atoms with Crippen LogP contribution in [0.1, 0.15) is 13.8 Å². The second kappa shape index (κ2) is 5.35. The number of likely N-dealkylation sites (N-methyl/N-ethyl adjacent to an activating group) is 1. The van der Waals surface area contributed by atoms with Crippen LogP contribution in [0.4, 0.5) is 11.4 Å². The van der Waals surface area contributed by atoms with E-state index in [-0.39, 0.29) is 5.69 Å². The van der Waals surface area contributed by atoms with Crippen molar-refractivity contribution in [2.45, 2.75) is 25.9 Å². The number of piperazine rings is 1. The van der Waals surface area contributed by atoms with Gasteiger partial charge in [-0.25, -0.2) is 0 Å². The molecule has 1 aromatic carbocycles. The summed E-state index contributed by atoms with van der Waals surface area (Å²) >= 11 is 6.20. The summed E-state index contributed by atoms with van der Waals surface area (Å²) in [5.74, 6) is 0. The van der Waals surface area contributed by atoms with Gasteiger partial charge in [0.1, 0.15) is 0 Å². The fourth-order valence-electron chi connectivity index (χ4n) is 2.48. The Balaban J connectivity index is 2.29. The van der Waals surface area contributed by atoms with Crippen LogP contribution in [0, 0.1) is 10.1 Å². The van der Waals surface area contributed by atoms with E-state index < -0.39 is 4.92 Å². The van der Waals surface area contributed by atoms with Gasteiger partial charge in [0.25, 0.3) is 5.69 Å². The van der Waals surface area contributed by atoms with Crippen molar-refractivity contribution in [2.24, 2.45) is 0 Å². The Hall–Kier alpha value is -1.33. The molecule has 6 heteroatoms. The Bertz CT molecular complexity index is 495. The number of hydrogen-bond donors (Lipinski definition) is 0. The standard InChI is InChI=1S/C13H18ClN3O2/c1-9-8-16(10(2)7-15(9)3)13-5-4-11(17(18)19)6-12(13)14/h4-6,9-10H,7-8H2,1-3H3. The Morgan fingerprint density at radius 1 is 1.32 bits per heavy atom. The van der Waals surface area contributed by atoms with E-state index in [0.717, 1.165) is 18.8 Å². The van der Waals surface area contributed by atoms with Gasteiger partial charge in [-0.1, -0.05) is 11.6 Å². The van der Waals surface area contributed by atoms with Crippen molar-refractivity contribution in [1.29, 1.82) is 0 Å². The molecular weight excluding hydrogens is 266 g/mol. The summed E-state index contributed by atoms with van der Waals surface area (Å²) in [4.78, 5) is 14.8. The van der Waals surface area contributed by atoms with Crippen molar-refractivity contribution in [3.63, 3.8) is 0 Å². The van der Waals surface area contributed by atoms with E-state index in [2.05, 4.69) is 30.7 Å². The van der Waals surface area contributed by atoms with Gasteiger partial charge >= 0.3 is 0 Å². The average Bonchev–Trinajstić information content (AvgIpc) is 2.34. The number of halogens is 1. The summed E-state index contributed by atoms with van der Waals surface area (Å²) < 4.78 is 0. The van der Waals surface area contributed by atoms with E-state index in [1.807, 2.05) is 0 Å². The zero-order chi connectivity index (χ0) is 14.2. The molecular formula is C13H18ClN3O2. The highest BCUT2D eigenvalue weighted by Crippen LogP contribution is 2.32. The van der Waals surface area contributed by atoms with Crippen LogP contribution in [-0.4, -0.2) is 42.0 Å². The number of non-ortho nitro benzene ring substituents is 1. The Morgan fingerprint density at radius 3 is 2.58 bits per heavy atom. The van der Waals surface area contributed by atoms with E-state index in [0.29, 0.717) is 17.1 Å². The van der Waals surface area contributed by atoms with Gasteiger partial charge in [-0.15, -0.1) is 0 Å². The van der Waals surface area contributed by atoms with Crippen LogP contribution in [0.25, 0.3) is 0 Å². The molecule has 19 heavy (non-hydrogen) atoms. The maximum Gasteiger partial charge on any atom is 0.271 e. The molecule has 0 aromatic heterocycles. The first-order valence-corrected chi connectivity index (χ1v) is 6.68. The molecule has 1 fully saturated rings. The fourth-order valence-corrected chi connectivity index (χ4v) is 2.76. The van der Waals surface area contributed by atoms with Crippen LogP contribution >= 0.6 is 11.6 Å². The highest BCUT2D eigenvalue weighted by Gasteiger charge is 2.28. The van der Waals surface area contributed by atoms with Gasteiger partial charge < -0.3 is 4.90 Å². The zero-order valence-electron chi connectivity index (χ0n) is 11.3. The molecule has 0 spiro atoms. The molecule has 2 rings (SSSR count). The molecule has 2 atom stereocenters. The van der Waals surface area contributed by atoms with Crippen LogP contribution in [0.3, 0.4) is 0 Å². The molecule has 104 valence electrons. The van der Waals surface area contributed by atoms with Gasteiger partial charge in [-0.3, -0.25) is 15.0 Å². The van der Waals surface area contributed by atoms with Crippen molar-refractivity contribution in [3.05, 3.63) is 33.3 Å². The summed E-state index contributed by atoms with van der Waals surface area (Å²) in [5.41, 5.74) is 0.906. The van der Waals surface area contributed by atoms with Gasteiger partial charge in [0.15, 0.2) is 0 Å². The summed E-state index contributed by atoms with van der Waals surface area (Å²) in [6.45, 7) is 6.13. The Kier molecular flexibility index (Phi) is 3.96. The average molecular weight is 284 g/mol. The minimum Gasteiger partial charge on any atom is -0.365 e. The maximum atomic E-state index is 10.7. The molecule has 1 aliphatic heterocycles. The minimum atomic E-state index is -0.425. The number of nitro benzene ring substituents is 1. The fraction of sp³-hybridized carbons (Fsp3) is 0.538. The first-order valence-electron chi connectivity index (χ1n) is 6.31. The lowest BCUT2D eigenvalue weighted by molar-refractivity contribution is -0.384. The topological polar surface area (TPSA) is 49.6 Å². The maximum absolute atomic E-state index is 10.7. The van der Waals surface area contributed by atoms with Crippen LogP contribution in [0.15, 0.2) is 18.2 Å². The summed E-state index contributed by atoms with van der Waals surface area (Å²) in [6.07, 6.45) is 0. The summed E-state index contributed by atoms with van der Waals surface area (Å²) in [7, 11) is 2.11. The third-order valence-corrected chi connectivity index (χ3v) is 4.05. The lowest BCUT2D eigenvalue weighted by Crippen LogP contribution is -2.55. The van der Waals surface area contributed by atoms with E-state index in [9.17, 15) is 10.1 Å². The second-order valence-electron chi connectivity index (χ2n) is 5.18. The van der Waals surface area contributed by atoms with E-state index in [1.165, 1.54) is 12.1 Å². The largest absolute Gasteiger partial charge is 0.365 e. The Labute approximate surface area is 117 Å². The first kappa shape index (κ1) is 14.1. The lowest BCUT2D eigenvalue weighted by Gasteiger charge is -2.44. The van der Waals surface area contributed by atoms with Crippen LogP contribution in [0.5, 0.6) is 0 Å². The van der Waals surface area contributed by atoms with Crippen LogP contribution in [0.2, 0.25) is 5.02 Å². The normalized spacial score (nSPS) is 24.5. The SMILES string of the molecule is CC1CN(c2ccc([N+](=O)[O-])cc2Cl)C(C)CN1C. The molecule has 1 saturated heterocycles. The third kappa shape index (κ3) is 2.82. The predicted molar refractivity (Wildman–Crippen MR) is 77.0 cm³/mol. The highest BCUT2D eigenvalue weighted by molar-refractivity contribution is 6.33. The first-order chi connectivity index (χ1) is 8.90. The third-order valence-electron chi connectivity index (χ3n) is 3.75. The molecule has 5 nitrogen and oxygen atoms in total. The van der Waals surface area contributed by atoms with Gasteiger partial charge in [-0.2, -0.15) is 0 Å². The van der Waals surface area contributed by atoms with Crippen molar-refractivity contribution in [1.82, 2.24) is 4.90 Å².